The summed E-state index contributed by atoms with van der Waals surface area (Å²) in [6.45, 7) is 3.67. The number of methoxy groups -OCH3 is 2. The van der Waals surface area contributed by atoms with Gasteiger partial charge >= 0.3 is 0 Å². The van der Waals surface area contributed by atoms with E-state index in [-0.39, 0.29) is 0 Å². The summed E-state index contributed by atoms with van der Waals surface area (Å²) in [7, 11) is 3.23. The van der Waals surface area contributed by atoms with E-state index in [0.29, 0.717) is 17.5 Å². The van der Waals surface area contributed by atoms with Crippen molar-refractivity contribution in [1.82, 2.24) is 10.1 Å². The van der Waals surface area contributed by atoms with Crippen molar-refractivity contribution >= 4 is 0 Å². The van der Waals surface area contributed by atoms with Crippen LogP contribution in [0, 0.1) is 13.8 Å². The second-order valence-electron chi connectivity index (χ2n) is 3.61. The van der Waals surface area contributed by atoms with Gasteiger partial charge < -0.3 is 14.0 Å². The molecule has 0 saturated heterocycles. The number of hydrogen-bond acceptors (Lipinski definition) is 5. The van der Waals surface area contributed by atoms with E-state index >= 15 is 0 Å². The first kappa shape index (κ1) is 11.4. The first-order valence-corrected chi connectivity index (χ1v) is 5.19. The molecule has 0 fully saturated rings. The van der Waals surface area contributed by atoms with Crippen molar-refractivity contribution < 1.29 is 14.0 Å². The lowest BCUT2D eigenvalue weighted by Crippen LogP contribution is -1.95. The van der Waals surface area contributed by atoms with Crippen LogP contribution in [0.5, 0.6) is 11.5 Å². The first-order chi connectivity index (χ1) is 8.17. The molecule has 0 unspecified atom stereocenters. The quantitative estimate of drug-likeness (QED) is 0.816. The second-order valence-corrected chi connectivity index (χ2v) is 3.61. The van der Waals surface area contributed by atoms with E-state index in [2.05, 4.69) is 10.1 Å². The van der Waals surface area contributed by atoms with Crippen molar-refractivity contribution in [2.45, 2.75) is 13.8 Å². The Balaban J connectivity index is 2.58. The van der Waals surface area contributed by atoms with E-state index in [0.717, 1.165) is 16.9 Å². The zero-order chi connectivity index (χ0) is 12.4. The molecule has 0 radical (unpaired) electrons. The van der Waals surface area contributed by atoms with Crippen molar-refractivity contribution in [2.75, 3.05) is 14.2 Å². The molecule has 0 saturated carbocycles. The number of hydrogen-bond donors (Lipinski definition) is 0. The third-order valence-electron chi connectivity index (χ3n) is 2.55. The van der Waals surface area contributed by atoms with Gasteiger partial charge in [-0.3, -0.25) is 0 Å². The van der Waals surface area contributed by atoms with Crippen LogP contribution in [-0.2, 0) is 0 Å². The lowest BCUT2D eigenvalue weighted by molar-refractivity contribution is 0.386. The first-order valence-electron chi connectivity index (χ1n) is 5.19. The van der Waals surface area contributed by atoms with Gasteiger partial charge in [-0.15, -0.1) is 0 Å². The highest BCUT2D eigenvalue weighted by Gasteiger charge is 2.16. The predicted molar refractivity (Wildman–Crippen MR) is 62.3 cm³/mol. The SMILES string of the molecule is COc1ccc(-c2noc(C)n2)c(OC)c1C. The van der Waals surface area contributed by atoms with E-state index in [9.17, 15) is 0 Å². The minimum Gasteiger partial charge on any atom is -0.496 e. The van der Waals surface area contributed by atoms with Crippen molar-refractivity contribution in [3.05, 3.63) is 23.6 Å². The molecule has 0 amide bonds. The molecule has 0 spiro atoms. The van der Waals surface area contributed by atoms with Crippen LogP contribution in [-0.4, -0.2) is 24.4 Å². The van der Waals surface area contributed by atoms with Gasteiger partial charge in [-0.25, -0.2) is 0 Å². The fourth-order valence-electron chi connectivity index (χ4n) is 1.74. The van der Waals surface area contributed by atoms with Gasteiger partial charge in [0.1, 0.15) is 11.5 Å². The van der Waals surface area contributed by atoms with Crippen molar-refractivity contribution in [1.29, 1.82) is 0 Å². The molecule has 5 nitrogen and oxygen atoms in total. The predicted octanol–water partition coefficient (Wildman–Crippen LogP) is 2.37. The fraction of sp³-hybridized carbons (Fsp3) is 0.333. The van der Waals surface area contributed by atoms with Crippen LogP contribution < -0.4 is 9.47 Å². The van der Waals surface area contributed by atoms with Crippen LogP contribution >= 0.6 is 0 Å². The van der Waals surface area contributed by atoms with Crippen LogP contribution in [0.1, 0.15) is 11.5 Å². The molecular weight excluding hydrogens is 220 g/mol. The molecule has 90 valence electrons. The van der Waals surface area contributed by atoms with Crippen LogP contribution in [0.4, 0.5) is 0 Å². The molecule has 5 heteroatoms. The van der Waals surface area contributed by atoms with Gasteiger partial charge in [0.2, 0.25) is 11.7 Å². The van der Waals surface area contributed by atoms with Gasteiger partial charge in [0.05, 0.1) is 19.8 Å². The minimum atomic E-state index is 0.519. The normalized spacial score (nSPS) is 10.4. The van der Waals surface area contributed by atoms with Crippen molar-refractivity contribution in [2.24, 2.45) is 0 Å². The summed E-state index contributed by atoms with van der Waals surface area (Å²) in [5.41, 5.74) is 1.71. The largest absolute Gasteiger partial charge is 0.496 e. The molecule has 17 heavy (non-hydrogen) atoms. The van der Waals surface area contributed by atoms with Crippen LogP contribution in [0.2, 0.25) is 0 Å². The van der Waals surface area contributed by atoms with Crippen LogP contribution in [0.15, 0.2) is 16.7 Å². The summed E-state index contributed by atoms with van der Waals surface area (Å²) in [5.74, 6) is 2.51. The average molecular weight is 234 g/mol. The molecule has 2 rings (SSSR count). The van der Waals surface area contributed by atoms with Gasteiger partial charge in [-0.2, -0.15) is 4.98 Å². The smallest absolute Gasteiger partial charge is 0.223 e. The summed E-state index contributed by atoms with van der Waals surface area (Å²) in [6, 6.07) is 3.72. The molecule has 2 aromatic rings. The van der Waals surface area contributed by atoms with Crippen LogP contribution in [0.3, 0.4) is 0 Å². The zero-order valence-electron chi connectivity index (χ0n) is 10.3. The third-order valence-corrected chi connectivity index (χ3v) is 2.55. The van der Waals surface area contributed by atoms with E-state index in [1.54, 1.807) is 21.1 Å². The molecule has 1 aromatic heterocycles. The molecule has 1 aromatic carbocycles. The summed E-state index contributed by atoms with van der Waals surface area (Å²) < 4.78 is 15.6. The summed E-state index contributed by atoms with van der Waals surface area (Å²) in [5, 5.41) is 3.88. The second kappa shape index (κ2) is 4.45. The maximum atomic E-state index is 5.38. The molecule has 0 atom stereocenters. The molecule has 0 N–H and O–H groups in total. The summed E-state index contributed by atoms with van der Waals surface area (Å²) in [6.07, 6.45) is 0. The Morgan fingerprint density at radius 1 is 1.12 bits per heavy atom. The Hall–Kier alpha value is -2.04. The average Bonchev–Trinajstić information content (AvgIpc) is 2.75. The van der Waals surface area contributed by atoms with E-state index in [4.69, 9.17) is 14.0 Å². The van der Waals surface area contributed by atoms with E-state index < -0.39 is 0 Å². The molecule has 0 aliphatic rings. The Morgan fingerprint density at radius 2 is 1.88 bits per heavy atom. The number of aromatic nitrogens is 2. The maximum Gasteiger partial charge on any atom is 0.223 e. The van der Waals surface area contributed by atoms with E-state index in [1.165, 1.54) is 0 Å². The number of rotatable bonds is 3. The Morgan fingerprint density at radius 3 is 2.41 bits per heavy atom. The van der Waals surface area contributed by atoms with Gasteiger partial charge in [-0.05, 0) is 19.1 Å². The number of ether oxygens (including phenoxy) is 2. The lowest BCUT2D eigenvalue weighted by Gasteiger charge is -2.12. The van der Waals surface area contributed by atoms with Gasteiger partial charge in [0, 0.05) is 12.5 Å². The van der Waals surface area contributed by atoms with Crippen molar-refractivity contribution in [3.8, 4) is 22.9 Å². The zero-order valence-corrected chi connectivity index (χ0v) is 10.3. The minimum absolute atomic E-state index is 0.519. The number of benzene rings is 1. The monoisotopic (exact) mass is 234 g/mol. The van der Waals surface area contributed by atoms with Gasteiger partial charge in [-0.1, -0.05) is 5.16 Å². The summed E-state index contributed by atoms with van der Waals surface area (Å²) in [4.78, 5) is 4.19. The van der Waals surface area contributed by atoms with Gasteiger partial charge in [0.15, 0.2) is 0 Å². The lowest BCUT2D eigenvalue weighted by atomic mass is 10.1. The third kappa shape index (κ3) is 1.95. The highest BCUT2D eigenvalue weighted by Crippen LogP contribution is 2.36. The molecular formula is C12H14N2O3. The molecule has 0 aliphatic carbocycles. The summed E-state index contributed by atoms with van der Waals surface area (Å²) >= 11 is 0. The van der Waals surface area contributed by atoms with Crippen molar-refractivity contribution in [3.63, 3.8) is 0 Å². The number of nitrogens with zero attached hydrogens (tertiary/aromatic N) is 2. The van der Waals surface area contributed by atoms with Gasteiger partial charge in [0.25, 0.3) is 0 Å². The highest BCUT2D eigenvalue weighted by atomic mass is 16.5. The van der Waals surface area contributed by atoms with E-state index in [1.807, 2.05) is 19.1 Å². The topological polar surface area (TPSA) is 57.4 Å². The highest BCUT2D eigenvalue weighted by molar-refractivity contribution is 5.68. The Kier molecular flexibility index (Phi) is 2.99. The number of aryl methyl sites for hydroxylation is 1. The van der Waals surface area contributed by atoms with Crippen LogP contribution in [0.25, 0.3) is 11.4 Å². The molecule has 0 bridgehead atoms. The molecule has 0 aliphatic heterocycles. The Bertz CT molecular complexity index is 535. The standard InChI is InChI=1S/C12H14N2O3/c1-7-10(15-3)6-5-9(11(7)16-4)12-13-8(2)17-14-12/h5-6H,1-4H3. The fourth-order valence-corrected chi connectivity index (χ4v) is 1.74. The Labute approximate surface area is 99.4 Å². The molecule has 1 heterocycles. The maximum absolute atomic E-state index is 5.38.